The lowest BCUT2D eigenvalue weighted by atomic mass is 10.2. The molecule has 2 aliphatic rings. The van der Waals surface area contributed by atoms with Crippen molar-refractivity contribution in [1.82, 2.24) is 14.3 Å². The van der Waals surface area contributed by atoms with Gasteiger partial charge in [-0.25, -0.2) is 4.98 Å². The van der Waals surface area contributed by atoms with Crippen LogP contribution in [0.4, 0.5) is 11.5 Å². The summed E-state index contributed by atoms with van der Waals surface area (Å²) >= 11 is 6.69. The molecule has 192 valence electrons. The average Bonchev–Trinajstić information content (AvgIpc) is 3.55. The smallest absolute Gasteiger partial charge is 0.267 e. The second-order valence-corrected chi connectivity index (χ2v) is 10.9. The van der Waals surface area contributed by atoms with Crippen LogP contribution in [-0.4, -0.2) is 50.7 Å². The summed E-state index contributed by atoms with van der Waals surface area (Å²) < 4.78 is 7.39. The summed E-state index contributed by atoms with van der Waals surface area (Å²) in [4.78, 5) is 38.4. The Bertz CT molecular complexity index is 1610. The molecule has 38 heavy (non-hydrogen) atoms. The lowest BCUT2D eigenvalue weighted by molar-refractivity contribution is -0.122. The highest BCUT2D eigenvalue weighted by Crippen LogP contribution is 2.34. The first-order valence-electron chi connectivity index (χ1n) is 12.3. The van der Waals surface area contributed by atoms with Crippen molar-refractivity contribution in [2.45, 2.75) is 13.5 Å². The lowest BCUT2D eigenvalue weighted by Gasteiger charge is -2.37. The molecule has 0 radical (unpaired) electrons. The second kappa shape index (κ2) is 10.1. The van der Waals surface area contributed by atoms with E-state index in [0.29, 0.717) is 45.1 Å². The third-order valence-electron chi connectivity index (χ3n) is 6.73. The number of aromatic nitrogens is 2. The molecule has 1 aromatic carbocycles. The van der Waals surface area contributed by atoms with Gasteiger partial charge in [-0.3, -0.25) is 18.9 Å². The van der Waals surface area contributed by atoms with Gasteiger partial charge in [0.15, 0.2) is 0 Å². The Morgan fingerprint density at radius 3 is 2.50 bits per heavy atom. The van der Waals surface area contributed by atoms with Gasteiger partial charge in [0.25, 0.3) is 11.5 Å². The molecule has 2 saturated heterocycles. The average molecular weight is 544 g/mol. The highest BCUT2D eigenvalue weighted by molar-refractivity contribution is 8.26. The van der Waals surface area contributed by atoms with Gasteiger partial charge >= 0.3 is 0 Å². The lowest BCUT2D eigenvalue weighted by Crippen LogP contribution is -2.47. The molecule has 0 unspecified atom stereocenters. The van der Waals surface area contributed by atoms with Crippen molar-refractivity contribution < 1.29 is 9.21 Å². The maximum atomic E-state index is 13.8. The molecule has 4 aromatic rings. The first kappa shape index (κ1) is 24.4. The molecule has 8 nitrogen and oxygen atoms in total. The van der Waals surface area contributed by atoms with Crippen LogP contribution >= 0.6 is 24.0 Å². The minimum absolute atomic E-state index is 0.213. The molecule has 2 fully saturated rings. The number of para-hydroxylation sites is 1. The molecule has 6 rings (SSSR count). The summed E-state index contributed by atoms with van der Waals surface area (Å²) in [6, 6.07) is 17.7. The number of amides is 1. The van der Waals surface area contributed by atoms with Crippen molar-refractivity contribution in [3.05, 3.63) is 99.2 Å². The molecule has 2 aliphatic heterocycles. The number of aryl methyl sites for hydroxylation is 1. The van der Waals surface area contributed by atoms with E-state index in [-0.39, 0.29) is 18.0 Å². The van der Waals surface area contributed by atoms with Crippen LogP contribution in [0.2, 0.25) is 0 Å². The van der Waals surface area contributed by atoms with E-state index in [0.717, 1.165) is 18.7 Å². The van der Waals surface area contributed by atoms with Crippen LogP contribution in [0.15, 0.2) is 81.2 Å². The van der Waals surface area contributed by atoms with Crippen molar-refractivity contribution in [1.29, 1.82) is 0 Å². The van der Waals surface area contributed by atoms with E-state index in [4.69, 9.17) is 21.6 Å². The maximum Gasteiger partial charge on any atom is 0.267 e. The van der Waals surface area contributed by atoms with Crippen molar-refractivity contribution in [2.24, 2.45) is 0 Å². The molecule has 3 aromatic heterocycles. The highest BCUT2D eigenvalue weighted by atomic mass is 32.2. The van der Waals surface area contributed by atoms with Crippen LogP contribution < -0.4 is 15.4 Å². The quantitative estimate of drug-likeness (QED) is 0.272. The van der Waals surface area contributed by atoms with E-state index in [1.54, 1.807) is 35.1 Å². The van der Waals surface area contributed by atoms with Gasteiger partial charge in [0.05, 0.1) is 23.3 Å². The molecular weight excluding hydrogens is 518 g/mol. The Morgan fingerprint density at radius 1 is 1.00 bits per heavy atom. The molecule has 0 atom stereocenters. The van der Waals surface area contributed by atoms with Gasteiger partial charge in [-0.15, -0.1) is 0 Å². The predicted octanol–water partition coefficient (Wildman–Crippen LogP) is 4.32. The Balaban J connectivity index is 1.37. The SMILES string of the molecule is Cc1ccc2nc(N3CCN(c4ccccc4)CC3)c(C=C3SC(=S)N(Cc4ccco4)C3=O)c(=O)n2c1. The fraction of sp³-hybridized carbons (Fsp3) is 0.214. The number of benzene rings is 1. The van der Waals surface area contributed by atoms with Crippen molar-refractivity contribution in [3.63, 3.8) is 0 Å². The van der Waals surface area contributed by atoms with Gasteiger partial charge in [0.1, 0.15) is 21.5 Å². The number of carbonyl (C=O) groups excluding carboxylic acids is 1. The van der Waals surface area contributed by atoms with Crippen LogP contribution in [0.25, 0.3) is 11.7 Å². The number of piperazine rings is 1. The summed E-state index contributed by atoms with van der Waals surface area (Å²) in [7, 11) is 0. The Morgan fingerprint density at radius 2 is 1.76 bits per heavy atom. The van der Waals surface area contributed by atoms with Crippen LogP contribution in [-0.2, 0) is 11.3 Å². The maximum absolute atomic E-state index is 13.8. The number of hydrogen-bond acceptors (Lipinski definition) is 8. The van der Waals surface area contributed by atoms with Gasteiger partial charge < -0.3 is 14.2 Å². The summed E-state index contributed by atoms with van der Waals surface area (Å²) in [5.41, 5.74) is 2.87. The number of thiocarbonyl (C=S) groups is 1. The second-order valence-electron chi connectivity index (χ2n) is 9.25. The van der Waals surface area contributed by atoms with E-state index >= 15 is 0 Å². The van der Waals surface area contributed by atoms with E-state index in [9.17, 15) is 9.59 Å². The number of pyridine rings is 1. The van der Waals surface area contributed by atoms with Gasteiger partial charge in [-0.05, 0) is 48.9 Å². The fourth-order valence-corrected chi connectivity index (χ4v) is 5.99. The first-order valence-corrected chi connectivity index (χ1v) is 13.6. The summed E-state index contributed by atoms with van der Waals surface area (Å²) in [5.74, 6) is 0.982. The van der Waals surface area contributed by atoms with Crippen LogP contribution in [0.3, 0.4) is 0 Å². The minimum Gasteiger partial charge on any atom is -0.467 e. The zero-order chi connectivity index (χ0) is 26.2. The number of anilines is 2. The van der Waals surface area contributed by atoms with Gasteiger partial charge in [0, 0.05) is 38.1 Å². The minimum atomic E-state index is -0.245. The van der Waals surface area contributed by atoms with Gasteiger partial charge in [-0.2, -0.15) is 0 Å². The zero-order valence-corrected chi connectivity index (χ0v) is 22.4. The summed E-state index contributed by atoms with van der Waals surface area (Å²) in [6.07, 6.45) is 5.00. The zero-order valence-electron chi connectivity index (χ0n) is 20.7. The molecule has 0 saturated carbocycles. The molecular formula is C28H25N5O3S2. The molecule has 10 heteroatoms. The van der Waals surface area contributed by atoms with Crippen molar-refractivity contribution in [2.75, 3.05) is 36.0 Å². The van der Waals surface area contributed by atoms with E-state index in [1.165, 1.54) is 22.3 Å². The summed E-state index contributed by atoms with van der Waals surface area (Å²) in [6.45, 7) is 5.17. The molecule has 1 amide bonds. The van der Waals surface area contributed by atoms with E-state index in [1.807, 2.05) is 37.3 Å². The molecule has 0 aliphatic carbocycles. The standard InChI is InChI=1S/C28H25N5O3S2/c1-19-9-10-24-29-25(31-13-11-30(12-14-31)20-6-3-2-4-7-20)22(26(34)32(24)17-19)16-23-27(35)33(28(37)38-23)18-21-8-5-15-36-21/h2-10,15-17H,11-14,18H2,1H3. The normalized spacial score (nSPS) is 17.3. The first-order chi connectivity index (χ1) is 18.5. The number of nitrogens with zero attached hydrogens (tertiary/aromatic N) is 5. The fourth-order valence-electron chi connectivity index (χ4n) is 4.76. The van der Waals surface area contributed by atoms with Crippen LogP contribution in [0.1, 0.15) is 16.9 Å². The molecule has 0 N–H and O–H groups in total. The number of fused-ring (bicyclic) bond motifs is 1. The molecule has 0 spiro atoms. The van der Waals surface area contributed by atoms with Crippen LogP contribution in [0, 0.1) is 6.92 Å². The third-order valence-corrected chi connectivity index (χ3v) is 8.11. The van der Waals surface area contributed by atoms with Crippen LogP contribution in [0.5, 0.6) is 0 Å². The number of furan rings is 1. The topological polar surface area (TPSA) is 74.3 Å². The number of rotatable bonds is 5. The highest BCUT2D eigenvalue weighted by Gasteiger charge is 2.34. The predicted molar refractivity (Wildman–Crippen MR) is 154 cm³/mol. The van der Waals surface area contributed by atoms with Crippen molar-refractivity contribution in [3.8, 4) is 0 Å². The largest absolute Gasteiger partial charge is 0.467 e. The molecule has 0 bridgehead atoms. The van der Waals surface area contributed by atoms with E-state index in [2.05, 4.69) is 21.9 Å². The van der Waals surface area contributed by atoms with Gasteiger partial charge in [-0.1, -0.05) is 48.2 Å². The Labute approximate surface area is 229 Å². The van der Waals surface area contributed by atoms with E-state index < -0.39 is 0 Å². The number of thioether (sulfide) groups is 1. The monoisotopic (exact) mass is 543 g/mol. The Kier molecular flexibility index (Phi) is 6.50. The van der Waals surface area contributed by atoms with Gasteiger partial charge in [0.2, 0.25) is 0 Å². The molecule has 5 heterocycles. The van der Waals surface area contributed by atoms with Crippen molar-refractivity contribution >= 4 is 57.4 Å². The Hall–Kier alpha value is -3.89. The number of carbonyl (C=O) groups is 1. The summed E-state index contributed by atoms with van der Waals surface area (Å²) in [5, 5.41) is 0. The number of hydrogen-bond donors (Lipinski definition) is 0. The third kappa shape index (κ3) is 4.61.